The minimum atomic E-state index is -0.0396. The first-order valence-corrected chi connectivity index (χ1v) is 5.00. The number of nitrogens with zero attached hydrogens (tertiary/aromatic N) is 3. The summed E-state index contributed by atoms with van der Waals surface area (Å²) in [7, 11) is 3.45. The molecule has 0 atom stereocenters. The number of carbonyl (C=O) groups excluding carboxylic acids is 1. The lowest BCUT2D eigenvalue weighted by atomic mass is 10.3. The Kier molecular flexibility index (Phi) is 2.72. The lowest BCUT2D eigenvalue weighted by Crippen LogP contribution is -2.21. The molecule has 2 aromatic rings. The van der Waals surface area contributed by atoms with Crippen LogP contribution >= 0.6 is 0 Å². The van der Waals surface area contributed by atoms with Crippen LogP contribution in [0.5, 0.6) is 0 Å². The summed E-state index contributed by atoms with van der Waals surface area (Å²) in [5.41, 5.74) is 1.54. The van der Waals surface area contributed by atoms with Crippen LogP contribution in [-0.2, 0) is 0 Å². The second-order valence-electron chi connectivity index (χ2n) is 3.71. The molecule has 0 spiro atoms. The molecule has 1 amide bonds. The van der Waals surface area contributed by atoms with Crippen LogP contribution < -0.4 is 0 Å². The van der Waals surface area contributed by atoms with Gasteiger partial charge in [-0.15, -0.1) is 0 Å². The van der Waals surface area contributed by atoms with Crippen molar-refractivity contribution in [3.8, 4) is 5.69 Å². The summed E-state index contributed by atoms with van der Waals surface area (Å²) >= 11 is 0. The number of para-hydroxylation sites is 1. The number of rotatable bonds is 2. The summed E-state index contributed by atoms with van der Waals surface area (Å²) < 4.78 is 1.69. The molecule has 82 valence electrons. The fourth-order valence-corrected chi connectivity index (χ4v) is 1.41. The molecule has 0 N–H and O–H groups in total. The Morgan fingerprint density at radius 2 is 1.94 bits per heavy atom. The predicted molar refractivity (Wildman–Crippen MR) is 61.6 cm³/mol. The quantitative estimate of drug-likeness (QED) is 0.762. The number of hydrogen-bond acceptors (Lipinski definition) is 2. The largest absolute Gasteiger partial charge is 0.345 e. The van der Waals surface area contributed by atoms with E-state index in [0.29, 0.717) is 5.56 Å². The predicted octanol–water partition coefficient (Wildman–Crippen LogP) is 1.57. The van der Waals surface area contributed by atoms with Gasteiger partial charge in [-0.05, 0) is 12.1 Å². The molecule has 0 aliphatic heterocycles. The van der Waals surface area contributed by atoms with E-state index in [1.165, 1.54) is 4.90 Å². The van der Waals surface area contributed by atoms with E-state index < -0.39 is 0 Å². The highest BCUT2D eigenvalue weighted by molar-refractivity contribution is 5.93. The third-order valence-electron chi connectivity index (χ3n) is 2.26. The van der Waals surface area contributed by atoms with Gasteiger partial charge in [0.25, 0.3) is 5.91 Å². The summed E-state index contributed by atoms with van der Waals surface area (Å²) in [5.74, 6) is -0.0396. The lowest BCUT2D eigenvalue weighted by molar-refractivity contribution is 0.0827. The van der Waals surface area contributed by atoms with Gasteiger partial charge in [0.2, 0.25) is 0 Å². The molecule has 4 nitrogen and oxygen atoms in total. The molecule has 0 saturated heterocycles. The van der Waals surface area contributed by atoms with Crippen molar-refractivity contribution in [2.75, 3.05) is 14.1 Å². The Morgan fingerprint density at radius 1 is 1.25 bits per heavy atom. The molecule has 16 heavy (non-hydrogen) atoms. The molecule has 0 saturated carbocycles. The molecule has 0 aliphatic rings. The van der Waals surface area contributed by atoms with Crippen molar-refractivity contribution >= 4 is 5.91 Å². The molecule has 1 aromatic heterocycles. The number of aromatic nitrogens is 2. The monoisotopic (exact) mass is 215 g/mol. The first kappa shape index (κ1) is 10.4. The second kappa shape index (κ2) is 4.18. The Morgan fingerprint density at radius 3 is 2.56 bits per heavy atom. The van der Waals surface area contributed by atoms with E-state index in [1.807, 2.05) is 30.3 Å². The molecule has 0 aliphatic carbocycles. The van der Waals surface area contributed by atoms with Crippen molar-refractivity contribution in [1.29, 1.82) is 0 Å². The maximum atomic E-state index is 11.7. The third-order valence-corrected chi connectivity index (χ3v) is 2.26. The minimum Gasteiger partial charge on any atom is -0.345 e. The van der Waals surface area contributed by atoms with Crippen LogP contribution in [0, 0.1) is 0 Å². The van der Waals surface area contributed by atoms with Gasteiger partial charge in [-0.2, -0.15) is 5.10 Å². The second-order valence-corrected chi connectivity index (χ2v) is 3.71. The van der Waals surface area contributed by atoms with Crippen LogP contribution in [-0.4, -0.2) is 34.7 Å². The normalized spacial score (nSPS) is 10.1. The smallest absolute Gasteiger partial charge is 0.256 e. The van der Waals surface area contributed by atoms with Crippen molar-refractivity contribution < 1.29 is 4.79 Å². The van der Waals surface area contributed by atoms with Gasteiger partial charge in [0, 0.05) is 20.3 Å². The maximum Gasteiger partial charge on any atom is 0.256 e. The summed E-state index contributed by atoms with van der Waals surface area (Å²) in [5, 5.41) is 4.16. The van der Waals surface area contributed by atoms with E-state index in [4.69, 9.17) is 0 Å². The van der Waals surface area contributed by atoms with Gasteiger partial charge in [0.15, 0.2) is 0 Å². The Hall–Kier alpha value is -2.10. The van der Waals surface area contributed by atoms with Crippen LogP contribution in [0.4, 0.5) is 0 Å². The number of carbonyl (C=O) groups is 1. The summed E-state index contributed by atoms with van der Waals surface area (Å²) in [6.45, 7) is 0. The number of amides is 1. The highest BCUT2D eigenvalue weighted by Crippen LogP contribution is 2.08. The van der Waals surface area contributed by atoms with Gasteiger partial charge in [-0.1, -0.05) is 18.2 Å². The van der Waals surface area contributed by atoms with Gasteiger partial charge < -0.3 is 4.90 Å². The fraction of sp³-hybridized carbons (Fsp3) is 0.167. The van der Waals surface area contributed by atoms with Crippen molar-refractivity contribution in [3.63, 3.8) is 0 Å². The van der Waals surface area contributed by atoms with Gasteiger partial charge in [0.05, 0.1) is 17.4 Å². The van der Waals surface area contributed by atoms with E-state index in [1.54, 1.807) is 31.2 Å². The summed E-state index contributed by atoms with van der Waals surface area (Å²) in [4.78, 5) is 13.2. The van der Waals surface area contributed by atoms with Crippen molar-refractivity contribution in [2.24, 2.45) is 0 Å². The van der Waals surface area contributed by atoms with Crippen LogP contribution in [0.1, 0.15) is 10.4 Å². The van der Waals surface area contributed by atoms with Gasteiger partial charge in [-0.3, -0.25) is 4.79 Å². The van der Waals surface area contributed by atoms with E-state index in [2.05, 4.69) is 5.10 Å². The Bertz CT molecular complexity index is 488. The standard InChI is InChI=1S/C12H13N3O/c1-14(2)12(16)10-8-13-15(9-10)11-6-4-3-5-7-11/h3-9H,1-2H3. The van der Waals surface area contributed by atoms with Crippen LogP contribution in [0.2, 0.25) is 0 Å². The summed E-state index contributed by atoms with van der Waals surface area (Å²) in [6, 6.07) is 9.70. The number of hydrogen-bond donors (Lipinski definition) is 0. The Labute approximate surface area is 94.1 Å². The molecule has 0 fully saturated rings. The van der Waals surface area contributed by atoms with Crippen molar-refractivity contribution in [1.82, 2.24) is 14.7 Å². The highest BCUT2D eigenvalue weighted by atomic mass is 16.2. The Balaban J connectivity index is 2.30. The molecule has 4 heteroatoms. The van der Waals surface area contributed by atoms with Crippen LogP contribution in [0.25, 0.3) is 5.69 Å². The van der Waals surface area contributed by atoms with E-state index >= 15 is 0 Å². The highest BCUT2D eigenvalue weighted by Gasteiger charge is 2.10. The minimum absolute atomic E-state index is 0.0396. The van der Waals surface area contributed by atoms with Crippen LogP contribution in [0.3, 0.4) is 0 Å². The SMILES string of the molecule is CN(C)C(=O)c1cnn(-c2ccccc2)c1. The fourth-order valence-electron chi connectivity index (χ4n) is 1.41. The molecule has 0 bridgehead atoms. The molecular weight excluding hydrogens is 202 g/mol. The van der Waals surface area contributed by atoms with Crippen LogP contribution in [0.15, 0.2) is 42.7 Å². The lowest BCUT2D eigenvalue weighted by Gasteiger charge is -2.07. The number of benzene rings is 1. The van der Waals surface area contributed by atoms with Gasteiger partial charge in [-0.25, -0.2) is 4.68 Å². The third kappa shape index (κ3) is 1.95. The molecule has 2 rings (SSSR count). The zero-order valence-electron chi connectivity index (χ0n) is 9.29. The molecule has 1 aromatic carbocycles. The van der Waals surface area contributed by atoms with Gasteiger partial charge in [0.1, 0.15) is 0 Å². The zero-order chi connectivity index (χ0) is 11.5. The average molecular weight is 215 g/mol. The molecule has 0 radical (unpaired) electrons. The van der Waals surface area contributed by atoms with Crippen molar-refractivity contribution in [3.05, 3.63) is 48.3 Å². The first-order chi connectivity index (χ1) is 7.68. The van der Waals surface area contributed by atoms with E-state index in [9.17, 15) is 4.79 Å². The van der Waals surface area contributed by atoms with Gasteiger partial charge >= 0.3 is 0 Å². The molecule has 1 heterocycles. The van der Waals surface area contributed by atoms with E-state index in [0.717, 1.165) is 5.69 Å². The van der Waals surface area contributed by atoms with E-state index in [-0.39, 0.29) is 5.91 Å². The summed E-state index contributed by atoms with van der Waals surface area (Å²) in [6.07, 6.45) is 3.31. The molecular formula is C12H13N3O. The topological polar surface area (TPSA) is 38.1 Å². The van der Waals surface area contributed by atoms with Crippen molar-refractivity contribution in [2.45, 2.75) is 0 Å². The molecule has 0 unspecified atom stereocenters. The average Bonchev–Trinajstić information content (AvgIpc) is 2.78. The first-order valence-electron chi connectivity index (χ1n) is 5.00. The maximum absolute atomic E-state index is 11.7. The zero-order valence-corrected chi connectivity index (χ0v) is 9.29.